The van der Waals surface area contributed by atoms with Crippen molar-refractivity contribution in [2.45, 2.75) is 38.8 Å². The van der Waals surface area contributed by atoms with Gasteiger partial charge in [-0.25, -0.2) is 4.90 Å². The first-order chi connectivity index (χ1) is 13.2. The molecule has 1 aromatic rings. The standard InChI is InChI=1S/C20H19NO7/c1-10-4-6-13(7-5-10)21-17(24)15-14-8-9-20(28-14,16(15)18(21)25)19(26-11(2)22)27-12(3)23/h4-9,14-16,19H,1-3H3/t14-,15+,16-,20-/m1/s1. The van der Waals surface area contributed by atoms with Crippen LogP contribution >= 0.6 is 0 Å². The highest BCUT2D eigenvalue weighted by Crippen LogP contribution is 2.54. The predicted molar refractivity (Wildman–Crippen MR) is 94.7 cm³/mol. The number of imide groups is 1. The third-order valence-corrected chi connectivity index (χ3v) is 5.28. The van der Waals surface area contributed by atoms with E-state index in [1.807, 2.05) is 19.1 Å². The Bertz CT molecular complexity index is 890. The third kappa shape index (κ3) is 2.56. The molecule has 8 heteroatoms. The summed E-state index contributed by atoms with van der Waals surface area (Å²) in [5.41, 5.74) is -0.0748. The topological polar surface area (TPSA) is 99.2 Å². The van der Waals surface area contributed by atoms with E-state index < -0.39 is 47.7 Å². The molecule has 0 N–H and O–H groups in total. The van der Waals surface area contributed by atoms with Crippen molar-refractivity contribution < 1.29 is 33.4 Å². The van der Waals surface area contributed by atoms with Crippen LogP contribution in [-0.2, 0) is 33.4 Å². The van der Waals surface area contributed by atoms with Crippen molar-refractivity contribution >= 4 is 29.4 Å². The van der Waals surface area contributed by atoms with E-state index in [9.17, 15) is 19.2 Å². The van der Waals surface area contributed by atoms with E-state index >= 15 is 0 Å². The number of amides is 2. The number of carbonyl (C=O) groups excluding carboxylic acids is 4. The number of anilines is 1. The molecule has 2 fully saturated rings. The third-order valence-electron chi connectivity index (χ3n) is 5.28. The van der Waals surface area contributed by atoms with E-state index in [1.165, 1.54) is 0 Å². The van der Waals surface area contributed by atoms with Gasteiger partial charge in [0.25, 0.3) is 6.29 Å². The molecule has 2 bridgehead atoms. The second-order valence-corrected chi connectivity index (χ2v) is 7.20. The molecule has 2 amide bonds. The minimum absolute atomic E-state index is 0.389. The summed E-state index contributed by atoms with van der Waals surface area (Å²) in [6.45, 7) is 4.23. The van der Waals surface area contributed by atoms with Crippen molar-refractivity contribution in [3.8, 4) is 0 Å². The lowest BCUT2D eigenvalue weighted by Crippen LogP contribution is -2.52. The summed E-state index contributed by atoms with van der Waals surface area (Å²) in [6.07, 6.45) is 1.07. The highest BCUT2D eigenvalue weighted by atomic mass is 16.7. The van der Waals surface area contributed by atoms with Crippen molar-refractivity contribution in [3.63, 3.8) is 0 Å². The zero-order chi connectivity index (χ0) is 20.2. The summed E-state index contributed by atoms with van der Waals surface area (Å²) in [4.78, 5) is 50.6. The Labute approximate surface area is 161 Å². The van der Waals surface area contributed by atoms with Crippen LogP contribution < -0.4 is 4.90 Å². The fraction of sp³-hybridized carbons (Fsp3) is 0.400. The van der Waals surface area contributed by atoms with E-state index in [0.29, 0.717) is 5.69 Å². The number of nitrogens with zero attached hydrogens (tertiary/aromatic N) is 1. The molecule has 3 aliphatic heterocycles. The zero-order valence-corrected chi connectivity index (χ0v) is 15.6. The van der Waals surface area contributed by atoms with Crippen LogP contribution in [0.5, 0.6) is 0 Å². The van der Waals surface area contributed by atoms with Gasteiger partial charge in [-0.15, -0.1) is 0 Å². The Morgan fingerprint density at radius 3 is 2.25 bits per heavy atom. The Morgan fingerprint density at radius 1 is 1.07 bits per heavy atom. The summed E-state index contributed by atoms with van der Waals surface area (Å²) in [5.74, 6) is -3.99. The average molecular weight is 385 g/mol. The molecule has 4 atom stereocenters. The predicted octanol–water partition coefficient (Wildman–Crippen LogP) is 1.26. The van der Waals surface area contributed by atoms with E-state index in [-0.39, 0.29) is 5.91 Å². The molecular formula is C20H19NO7. The first-order valence-electron chi connectivity index (χ1n) is 8.90. The highest BCUT2D eigenvalue weighted by molar-refractivity contribution is 6.23. The molecular weight excluding hydrogens is 366 g/mol. The number of aryl methyl sites for hydroxylation is 1. The van der Waals surface area contributed by atoms with Crippen LogP contribution in [0.1, 0.15) is 19.4 Å². The van der Waals surface area contributed by atoms with Crippen LogP contribution in [-0.4, -0.2) is 41.7 Å². The van der Waals surface area contributed by atoms with Crippen LogP contribution in [0.25, 0.3) is 0 Å². The number of rotatable bonds is 4. The molecule has 0 unspecified atom stereocenters. The van der Waals surface area contributed by atoms with Gasteiger partial charge in [0, 0.05) is 13.8 Å². The lowest BCUT2D eigenvalue weighted by molar-refractivity contribution is -0.226. The summed E-state index contributed by atoms with van der Waals surface area (Å²) in [5, 5.41) is 0. The minimum atomic E-state index is -1.53. The molecule has 1 aromatic carbocycles. The lowest BCUT2D eigenvalue weighted by atomic mass is 9.76. The quantitative estimate of drug-likeness (QED) is 0.333. The fourth-order valence-corrected chi connectivity index (χ4v) is 4.17. The molecule has 28 heavy (non-hydrogen) atoms. The average Bonchev–Trinajstić information content (AvgIpc) is 3.26. The van der Waals surface area contributed by atoms with Gasteiger partial charge in [-0.3, -0.25) is 19.2 Å². The number of hydrogen-bond donors (Lipinski definition) is 0. The summed E-state index contributed by atoms with van der Waals surface area (Å²) in [7, 11) is 0. The van der Waals surface area contributed by atoms with Crippen LogP contribution in [0.4, 0.5) is 5.69 Å². The van der Waals surface area contributed by atoms with Crippen molar-refractivity contribution in [2.75, 3.05) is 4.90 Å². The Kier molecular flexibility index (Phi) is 4.11. The van der Waals surface area contributed by atoms with Crippen molar-refractivity contribution in [3.05, 3.63) is 42.0 Å². The number of hydrogen-bond acceptors (Lipinski definition) is 7. The van der Waals surface area contributed by atoms with Crippen LogP contribution in [0.15, 0.2) is 36.4 Å². The Morgan fingerprint density at radius 2 is 1.68 bits per heavy atom. The van der Waals surface area contributed by atoms with Crippen molar-refractivity contribution in [1.82, 2.24) is 0 Å². The van der Waals surface area contributed by atoms with Crippen molar-refractivity contribution in [1.29, 1.82) is 0 Å². The van der Waals surface area contributed by atoms with Gasteiger partial charge in [-0.2, -0.15) is 0 Å². The van der Waals surface area contributed by atoms with E-state index in [4.69, 9.17) is 14.2 Å². The molecule has 0 aromatic heterocycles. The summed E-state index contributed by atoms with van der Waals surface area (Å²) < 4.78 is 16.2. The Hall–Kier alpha value is -3.00. The smallest absolute Gasteiger partial charge is 0.305 e. The number of esters is 2. The van der Waals surface area contributed by atoms with Gasteiger partial charge >= 0.3 is 11.9 Å². The van der Waals surface area contributed by atoms with Gasteiger partial charge in [0.05, 0.1) is 23.6 Å². The molecule has 0 saturated carbocycles. The molecule has 146 valence electrons. The Balaban J connectivity index is 1.74. The number of fused-ring (bicyclic) bond motifs is 5. The number of ether oxygens (including phenoxy) is 3. The lowest BCUT2D eigenvalue weighted by Gasteiger charge is -2.34. The maximum Gasteiger partial charge on any atom is 0.305 e. The van der Waals surface area contributed by atoms with Gasteiger partial charge in [0.2, 0.25) is 11.8 Å². The SMILES string of the molecule is CC(=O)OC(OC(C)=O)[C@]12C=C[C@@H](O1)[C@@H]1C(=O)N(c3ccc(C)cc3)C(=O)[C@@H]12. The van der Waals surface area contributed by atoms with Gasteiger partial charge in [-0.05, 0) is 25.1 Å². The maximum absolute atomic E-state index is 13.3. The summed E-state index contributed by atoms with van der Waals surface area (Å²) >= 11 is 0. The van der Waals surface area contributed by atoms with E-state index in [1.54, 1.807) is 24.3 Å². The monoisotopic (exact) mass is 385 g/mol. The highest BCUT2D eigenvalue weighted by Gasteiger charge is 2.72. The van der Waals surface area contributed by atoms with Crippen LogP contribution in [0, 0.1) is 18.8 Å². The minimum Gasteiger partial charge on any atom is -0.422 e. The maximum atomic E-state index is 13.3. The molecule has 0 aliphatic carbocycles. The molecule has 0 radical (unpaired) electrons. The summed E-state index contributed by atoms with van der Waals surface area (Å²) in [6, 6.07) is 7.02. The van der Waals surface area contributed by atoms with E-state index in [2.05, 4.69) is 0 Å². The molecule has 0 spiro atoms. The molecule has 2 saturated heterocycles. The van der Waals surface area contributed by atoms with Crippen molar-refractivity contribution in [2.24, 2.45) is 11.8 Å². The van der Waals surface area contributed by atoms with E-state index in [0.717, 1.165) is 24.3 Å². The van der Waals surface area contributed by atoms with Gasteiger partial charge < -0.3 is 14.2 Å². The number of benzene rings is 1. The molecule has 3 aliphatic rings. The molecule has 4 rings (SSSR count). The normalized spacial score (nSPS) is 30.1. The largest absolute Gasteiger partial charge is 0.422 e. The second kappa shape index (κ2) is 6.27. The van der Waals surface area contributed by atoms with Crippen LogP contribution in [0.3, 0.4) is 0 Å². The number of carbonyl (C=O) groups is 4. The molecule has 8 nitrogen and oxygen atoms in total. The first-order valence-corrected chi connectivity index (χ1v) is 8.90. The fourth-order valence-electron chi connectivity index (χ4n) is 4.17. The van der Waals surface area contributed by atoms with Gasteiger partial charge in [0.15, 0.2) is 5.60 Å². The van der Waals surface area contributed by atoms with Gasteiger partial charge in [-0.1, -0.05) is 23.8 Å². The second-order valence-electron chi connectivity index (χ2n) is 7.20. The van der Waals surface area contributed by atoms with Gasteiger partial charge in [0.1, 0.15) is 0 Å². The van der Waals surface area contributed by atoms with Crippen LogP contribution in [0.2, 0.25) is 0 Å². The first kappa shape index (κ1) is 18.4. The molecule has 3 heterocycles. The zero-order valence-electron chi connectivity index (χ0n) is 15.6.